The summed E-state index contributed by atoms with van der Waals surface area (Å²) in [4.78, 5) is 14.8. The highest BCUT2D eigenvalue weighted by molar-refractivity contribution is 6.21. The van der Waals surface area contributed by atoms with Crippen molar-refractivity contribution in [2.75, 3.05) is 36.0 Å². The SMILES string of the molecule is c1ccc(-c2c3ccc(N4CCCCC4)cc3c(-c3ccccn3)c3ccc(N4CCCCC4)cc23)nc1. The summed E-state index contributed by atoms with van der Waals surface area (Å²) >= 11 is 0. The van der Waals surface area contributed by atoms with Gasteiger partial charge in [-0.25, -0.2) is 0 Å². The number of hydrogen-bond donors (Lipinski definition) is 0. The Kier molecular flexibility index (Phi) is 6.17. The summed E-state index contributed by atoms with van der Waals surface area (Å²) in [7, 11) is 0. The molecule has 5 aromatic rings. The lowest BCUT2D eigenvalue weighted by Gasteiger charge is -2.30. The molecule has 38 heavy (non-hydrogen) atoms. The summed E-state index contributed by atoms with van der Waals surface area (Å²) in [5, 5.41) is 5.00. The highest BCUT2D eigenvalue weighted by atomic mass is 15.1. The second-order valence-corrected chi connectivity index (χ2v) is 10.7. The fourth-order valence-electron chi connectivity index (χ4n) is 6.48. The van der Waals surface area contributed by atoms with Gasteiger partial charge in [0.15, 0.2) is 0 Å². The van der Waals surface area contributed by atoms with Crippen LogP contribution in [0.4, 0.5) is 11.4 Å². The lowest BCUT2D eigenvalue weighted by Crippen LogP contribution is -2.29. The Bertz CT molecular complexity index is 1450. The molecule has 2 aliphatic rings. The molecule has 0 N–H and O–H groups in total. The van der Waals surface area contributed by atoms with Crippen LogP contribution in [-0.4, -0.2) is 36.1 Å². The van der Waals surface area contributed by atoms with E-state index in [9.17, 15) is 0 Å². The van der Waals surface area contributed by atoms with E-state index in [1.165, 1.54) is 82.6 Å². The molecule has 0 radical (unpaired) electrons. The maximum absolute atomic E-state index is 4.87. The minimum Gasteiger partial charge on any atom is -0.372 e. The molecule has 2 fully saturated rings. The van der Waals surface area contributed by atoms with Gasteiger partial charge in [0.2, 0.25) is 0 Å². The summed E-state index contributed by atoms with van der Waals surface area (Å²) in [6, 6.07) is 26.7. The number of aromatic nitrogens is 2. The van der Waals surface area contributed by atoms with Crippen LogP contribution in [0.2, 0.25) is 0 Å². The van der Waals surface area contributed by atoms with E-state index in [4.69, 9.17) is 9.97 Å². The van der Waals surface area contributed by atoms with E-state index in [0.29, 0.717) is 0 Å². The van der Waals surface area contributed by atoms with Crippen LogP contribution < -0.4 is 9.80 Å². The quantitative estimate of drug-likeness (QED) is 0.234. The number of anilines is 2. The first kappa shape index (κ1) is 23.2. The Morgan fingerprint density at radius 3 is 1.29 bits per heavy atom. The van der Waals surface area contributed by atoms with Crippen molar-refractivity contribution < 1.29 is 0 Å². The lowest BCUT2D eigenvalue weighted by molar-refractivity contribution is 0.578. The molecule has 2 saturated heterocycles. The van der Waals surface area contributed by atoms with E-state index in [1.807, 2.05) is 24.5 Å². The molecule has 3 aromatic carbocycles. The molecular weight excluding hydrogens is 464 g/mol. The van der Waals surface area contributed by atoms with Gasteiger partial charge in [0, 0.05) is 61.1 Å². The Morgan fingerprint density at radius 2 is 0.895 bits per heavy atom. The predicted molar refractivity (Wildman–Crippen MR) is 160 cm³/mol. The fraction of sp³-hybridized carbons (Fsp3) is 0.294. The second-order valence-electron chi connectivity index (χ2n) is 10.7. The number of benzene rings is 3. The van der Waals surface area contributed by atoms with Crippen molar-refractivity contribution in [1.29, 1.82) is 0 Å². The molecular formula is C34H34N4. The van der Waals surface area contributed by atoms with Gasteiger partial charge in [-0.05, 0) is 109 Å². The Labute approximate surface area is 225 Å². The first-order valence-corrected chi connectivity index (χ1v) is 14.2. The molecule has 0 atom stereocenters. The van der Waals surface area contributed by atoms with E-state index in [1.54, 1.807) is 0 Å². The Hall–Kier alpha value is -3.92. The van der Waals surface area contributed by atoms with Crippen molar-refractivity contribution in [3.8, 4) is 22.5 Å². The number of fused-ring (bicyclic) bond motifs is 2. The molecule has 0 unspecified atom stereocenters. The summed E-state index contributed by atoms with van der Waals surface area (Å²) in [6.07, 6.45) is 11.5. The average molecular weight is 499 g/mol. The number of rotatable bonds is 4. The van der Waals surface area contributed by atoms with Gasteiger partial charge in [-0.2, -0.15) is 0 Å². The number of nitrogens with zero attached hydrogens (tertiary/aromatic N) is 4. The molecule has 0 aliphatic carbocycles. The molecule has 4 heteroatoms. The second kappa shape index (κ2) is 10.1. The van der Waals surface area contributed by atoms with Gasteiger partial charge < -0.3 is 9.80 Å². The van der Waals surface area contributed by atoms with Gasteiger partial charge in [0.25, 0.3) is 0 Å². The minimum absolute atomic E-state index is 1.02. The summed E-state index contributed by atoms with van der Waals surface area (Å²) < 4.78 is 0. The van der Waals surface area contributed by atoms with E-state index in [-0.39, 0.29) is 0 Å². The fourth-order valence-corrected chi connectivity index (χ4v) is 6.48. The molecule has 7 rings (SSSR count). The van der Waals surface area contributed by atoms with Crippen molar-refractivity contribution in [3.05, 3.63) is 85.2 Å². The largest absolute Gasteiger partial charge is 0.372 e. The molecule has 0 bridgehead atoms. The predicted octanol–water partition coefficient (Wildman–Crippen LogP) is 8.10. The molecule has 2 aliphatic heterocycles. The third kappa shape index (κ3) is 4.18. The molecule has 190 valence electrons. The monoisotopic (exact) mass is 498 g/mol. The van der Waals surface area contributed by atoms with E-state index in [2.05, 4.69) is 70.5 Å². The smallest absolute Gasteiger partial charge is 0.0714 e. The van der Waals surface area contributed by atoms with E-state index < -0.39 is 0 Å². The topological polar surface area (TPSA) is 32.3 Å². The van der Waals surface area contributed by atoms with Gasteiger partial charge in [-0.3, -0.25) is 9.97 Å². The van der Waals surface area contributed by atoms with E-state index in [0.717, 1.165) is 37.6 Å². The van der Waals surface area contributed by atoms with Crippen LogP contribution >= 0.6 is 0 Å². The Balaban J connectivity index is 1.55. The molecule has 0 saturated carbocycles. The lowest BCUT2D eigenvalue weighted by atomic mass is 9.87. The molecule has 0 spiro atoms. The average Bonchev–Trinajstić information content (AvgIpc) is 3.01. The molecule has 0 amide bonds. The van der Waals surface area contributed by atoms with E-state index >= 15 is 0 Å². The van der Waals surface area contributed by atoms with Crippen LogP contribution in [0.1, 0.15) is 38.5 Å². The zero-order valence-electron chi connectivity index (χ0n) is 21.9. The number of pyridine rings is 2. The van der Waals surface area contributed by atoms with Crippen LogP contribution in [0.3, 0.4) is 0 Å². The molecule has 4 nitrogen and oxygen atoms in total. The van der Waals surface area contributed by atoms with Crippen molar-refractivity contribution in [2.24, 2.45) is 0 Å². The van der Waals surface area contributed by atoms with Gasteiger partial charge in [0.05, 0.1) is 11.4 Å². The summed E-state index contributed by atoms with van der Waals surface area (Å²) in [6.45, 7) is 4.52. The highest BCUT2D eigenvalue weighted by Gasteiger charge is 2.21. The third-order valence-corrected chi connectivity index (χ3v) is 8.37. The van der Waals surface area contributed by atoms with Crippen molar-refractivity contribution in [2.45, 2.75) is 38.5 Å². The maximum atomic E-state index is 4.87. The van der Waals surface area contributed by atoms with Crippen LogP contribution in [0, 0.1) is 0 Å². The van der Waals surface area contributed by atoms with Crippen molar-refractivity contribution in [3.63, 3.8) is 0 Å². The first-order valence-electron chi connectivity index (χ1n) is 14.2. The van der Waals surface area contributed by atoms with Gasteiger partial charge in [-0.1, -0.05) is 24.3 Å². The van der Waals surface area contributed by atoms with Gasteiger partial charge >= 0.3 is 0 Å². The maximum Gasteiger partial charge on any atom is 0.0714 e. The highest BCUT2D eigenvalue weighted by Crippen LogP contribution is 2.45. The number of hydrogen-bond acceptors (Lipinski definition) is 4. The molecule has 2 aromatic heterocycles. The van der Waals surface area contributed by atoms with Gasteiger partial charge in [-0.15, -0.1) is 0 Å². The third-order valence-electron chi connectivity index (χ3n) is 8.37. The Morgan fingerprint density at radius 1 is 0.447 bits per heavy atom. The van der Waals surface area contributed by atoms with Crippen LogP contribution in [0.25, 0.3) is 44.1 Å². The summed E-state index contributed by atoms with van der Waals surface area (Å²) in [5.41, 5.74) is 7.11. The van der Waals surface area contributed by atoms with Crippen molar-refractivity contribution in [1.82, 2.24) is 9.97 Å². The van der Waals surface area contributed by atoms with Crippen LogP contribution in [-0.2, 0) is 0 Å². The normalized spacial score (nSPS) is 16.3. The zero-order chi connectivity index (χ0) is 25.3. The van der Waals surface area contributed by atoms with Crippen LogP contribution in [0.5, 0.6) is 0 Å². The van der Waals surface area contributed by atoms with Crippen LogP contribution in [0.15, 0.2) is 85.2 Å². The number of piperidine rings is 2. The standard InChI is InChI=1S/C34H34N4/c1-7-19-37(20-8-1)25-13-15-27-29(23-25)33(31-11-3-5-17-35-31)28-16-14-26(38-21-9-2-10-22-38)24-30(28)34(27)32-12-4-6-18-36-32/h3-6,11-18,23-24H,1-2,7-10,19-22H2. The minimum atomic E-state index is 1.02. The summed E-state index contributed by atoms with van der Waals surface area (Å²) in [5.74, 6) is 0. The first-order chi connectivity index (χ1) is 18.9. The van der Waals surface area contributed by atoms with Crippen molar-refractivity contribution >= 4 is 32.9 Å². The van der Waals surface area contributed by atoms with Gasteiger partial charge in [0.1, 0.15) is 0 Å². The molecule has 4 heterocycles. The zero-order valence-corrected chi connectivity index (χ0v) is 21.9.